The van der Waals surface area contributed by atoms with E-state index in [-0.39, 0.29) is 4.90 Å². The number of anilines is 1. The number of ether oxygens (including phenoxy) is 2. The summed E-state index contributed by atoms with van der Waals surface area (Å²) >= 11 is 0. The Labute approximate surface area is 143 Å². The van der Waals surface area contributed by atoms with Crippen molar-refractivity contribution in [3.05, 3.63) is 48.5 Å². The highest BCUT2D eigenvalue weighted by Crippen LogP contribution is 2.32. The van der Waals surface area contributed by atoms with Gasteiger partial charge < -0.3 is 9.47 Å². The minimum Gasteiger partial charge on any atom is -0.493 e. The van der Waals surface area contributed by atoms with Crippen molar-refractivity contribution in [1.82, 2.24) is 0 Å². The minimum atomic E-state index is -3.69. The summed E-state index contributed by atoms with van der Waals surface area (Å²) in [6.07, 6.45) is 1.69. The highest BCUT2D eigenvalue weighted by atomic mass is 32.2. The molecule has 0 saturated heterocycles. The molecule has 2 aromatic rings. The van der Waals surface area contributed by atoms with Crippen LogP contribution in [0.4, 0.5) is 5.69 Å². The highest BCUT2D eigenvalue weighted by molar-refractivity contribution is 7.92. The molecule has 0 spiro atoms. The van der Waals surface area contributed by atoms with Gasteiger partial charge in [0, 0.05) is 12.6 Å². The van der Waals surface area contributed by atoms with Crippen molar-refractivity contribution in [2.45, 2.75) is 24.7 Å². The number of methoxy groups -OCH3 is 2. The van der Waals surface area contributed by atoms with Crippen LogP contribution in [0.15, 0.2) is 53.4 Å². The molecule has 0 aliphatic rings. The molecule has 0 aromatic heterocycles. The molecule has 0 bridgehead atoms. The first-order valence-corrected chi connectivity index (χ1v) is 9.28. The Hall–Kier alpha value is -2.21. The lowest BCUT2D eigenvalue weighted by Crippen LogP contribution is -2.32. The molecule has 0 N–H and O–H groups in total. The zero-order chi connectivity index (χ0) is 17.6. The molecule has 0 aliphatic heterocycles. The molecule has 2 rings (SSSR count). The molecule has 0 unspecified atom stereocenters. The van der Waals surface area contributed by atoms with Gasteiger partial charge in [-0.2, -0.15) is 0 Å². The van der Waals surface area contributed by atoms with Crippen molar-refractivity contribution >= 4 is 15.7 Å². The van der Waals surface area contributed by atoms with Crippen LogP contribution in [0.1, 0.15) is 19.8 Å². The fraction of sp³-hybridized carbons (Fsp3) is 0.333. The second-order valence-electron chi connectivity index (χ2n) is 5.28. The van der Waals surface area contributed by atoms with Crippen LogP contribution in [0.2, 0.25) is 0 Å². The van der Waals surface area contributed by atoms with E-state index in [0.717, 1.165) is 12.8 Å². The van der Waals surface area contributed by atoms with Crippen LogP contribution in [-0.2, 0) is 10.0 Å². The Kier molecular flexibility index (Phi) is 6.09. The number of unbranched alkanes of at least 4 members (excludes halogenated alkanes) is 1. The Morgan fingerprint density at radius 2 is 1.62 bits per heavy atom. The van der Waals surface area contributed by atoms with E-state index in [4.69, 9.17) is 9.47 Å². The maximum atomic E-state index is 13.1. The number of hydrogen-bond acceptors (Lipinski definition) is 4. The van der Waals surface area contributed by atoms with E-state index >= 15 is 0 Å². The van der Waals surface area contributed by atoms with Crippen LogP contribution in [0.25, 0.3) is 0 Å². The van der Waals surface area contributed by atoms with E-state index in [0.29, 0.717) is 23.7 Å². The average Bonchev–Trinajstić information content (AvgIpc) is 2.62. The van der Waals surface area contributed by atoms with Crippen molar-refractivity contribution in [1.29, 1.82) is 0 Å². The zero-order valence-electron chi connectivity index (χ0n) is 14.2. The molecule has 0 aliphatic carbocycles. The summed E-state index contributed by atoms with van der Waals surface area (Å²) < 4.78 is 38.1. The van der Waals surface area contributed by atoms with Gasteiger partial charge in [-0.1, -0.05) is 31.5 Å². The molecule has 0 heterocycles. The highest BCUT2D eigenvalue weighted by Gasteiger charge is 2.25. The standard InChI is InChI=1S/C18H23NO4S/c1-4-5-13-19(15-9-7-6-8-10-15)24(20,21)16-11-12-17(22-2)18(14-16)23-3/h6-12,14H,4-5,13H2,1-3H3. The first-order chi connectivity index (χ1) is 11.5. The quantitative estimate of drug-likeness (QED) is 0.729. The van der Waals surface area contributed by atoms with E-state index in [1.807, 2.05) is 25.1 Å². The van der Waals surface area contributed by atoms with E-state index < -0.39 is 10.0 Å². The Balaban J connectivity index is 2.48. The second kappa shape index (κ2) is 8.06. The number of rotatable bonds is 8. The molecule has 0 amide bonds. The summed E-state index contributed by atoms with van der Waals surface area (Å²) in [7, 11) is -0.682. The largest absolute Gasteiger partial charge is 0.493 e. The van der Waals surface area contributed by atoms with Gasteiger partial charge in [-0.15, -0.1) is 0 Å². The molecule has 0 fully saturated rings. The molecule has 6 heteroatoms. The maximum absolute atomic E-state index is 13.1. The zero-order valence-corrected chi connectivity index (χ0v) is 15.0. The summed E-state index contributed by atoms with van der Waals surface area (Å²) in [5.41, 5.74) is 0.653. The molecule has 2 aromatic carbocycles. The molecular weight excluding hydrogens is 326 g/mol. The Bertz CT molecular complexity index is 760. The van der Waals surface area contributed by atoms with Crippen LogP contribution in [0.5, 0.6) is 11.5 Å². The third-order valence-electron chi connectivity index (χ3n) is 3.70. The molecule has 130 valence electrons. The summed E-state index contributed by atoms with van der Waals surface area (Å²) in [6.45, 7) is 2.46. The van der Waals surface area contributed by atoms with Crippen molar-refractivity contribution in [3.8, 4) is 11.5 Å². The predicted molar refractivity (Wildman–Crippen MR) is 95.4 cm³/mol. The molecule has 0 atom stereocenters. The molecule has 24 heavy (non-hydrogen) atoms. The van der Waals surface area contributed by atoms with Crippen molar-refractivity contribution in [2.75, 3.05) is 25.1 Å². The Morgan fingerprint density at radius 1 is 0.958 bits per heavy atom. The van der Waals surface area contributed by atoms with Gasteiger partial charge >= 0.3 is 0 Å². The first-order valence-electron chi connectivity index (χ1n) is 7.84. The van der Waals surface area contributed by atoms with E-state index in [9.17, 15) is 8.42 Å². The smallest absolute Gasteiger partial charge is 0.264 e. The third-order valence-corrected chi connectivity index (χ3v) is 5.53. The normalized spacial score (nSPS) is 11.1. The van der Waals surface area contributed by atoms with E-state index in [1.54, 1.807) is 24.3 Å². The van der Waals surface area contributed by atoms with Gasteiger partial charge in [0.15, 0.2) is 11.5 Å². The monoisotopic (exact) mass is 349 g/mol. The number of para-hydroxylation sites is 1. The van der Waals surface area contributed by atoms with Crippen LogP contribution in [-0.4, -0.2) is 29.2 Å². The predicted octanol–water partition coefficient (Wildman–Crippen LogP) is 3.70. The van der Waals surface area contributed by atoms with Crippen LogP contribution in [0, 0.1) is 0 Å². The maximum Gasteiger partial charge on any atom is 0.264 e. The lowest BCUT2D eigenvalue weighted by molar-refractivity contribution is 0.354. The van der Waals surface area contributed by atoms with Gasteiger partial charge in [0.05, 0.1) is 24.8 Å². The molecule has 0 radical (unpaired) electrons. The van der Waals surface area contributed by atoms with Gasteiger partial charge in [-0.25, -0.2) is 8.42 Å². The van der Waals surface area contributed by atoms with Crippen molar-refractivity contribution in [2.24, 2.45) is 0 Å². The molecule has 0 saturated carbocycles. The van der Waals surface area contributed by atoms with Crippen LogP contribution < -0.4 is 13.8 Å². The lowest BCUT2D eigenvalue weighted by atomic mass is 10.3. The summed E-state index contributed by atoms with van der Waals surface area (Å²) in [6, 6.07) is 13.8. The minimum absolute atomic E-state index is 0.181. The second-order valence-corrected chi connectivity index (χ2v) is 7.15. The van der Waals surface area contributed by atoms with Gasteiger partial charge in [-0.05, 0) is 30.7 Å². The first kappa shape index (κ1) is 18.1. The summed E-state index contributed by atoms with van der Waals surface area (Å²) in [5.74, 6) is 0.887. The average molecular weight is 349 g/mol. The van der Waals surface area contributed by atoms with Crippen molar-refractivity contribution < 1.29 is 17.9 Å². The Morgan fingerprint density at radius 3 is 2.21 bits per heavy atom. The van der Waals surface area contributed by atoms with Crippen LogP contribution >= 0.6 is 0 Å². The van der Waals surface area contributed by atoms with Crippen molar-refractivity contribution in [3.63, 3.8) is 0 Å². The number of sulfonamides is 1. The topological polar surface area (TPSA) is 55.8 Å². The summed E-state index contributed by atoms with van der Waals surface area (Å²) in [4.78, 5) is 0.181. The SMILES string of the molecule is CCCCN(c1ccccc1)S(=O)(=O)c1ccc(OC)c(OC)c1. The van der Waals surface area contributed by atoms with Gasteiger partial charge in [0.2, 0.25) is 0 Å². The lowest BCUT2D eigenvalue weighted by Gasteiger charge is -2.24. The fourth-order valence-corrected chi connectivity index (χ4v) is 3.91. The van der Waals surface area contributed by atoms with Gasteiger partial charge in [0.1, 0.15) is 0 Å². The van der Waals surface area contributed by atoms with Gasteiger partial charge in [-0.3, -0.25) is 4.31 Å². The fourth-order valence-electron chi connectivity index (χ4n) is 2.39. The molecular formula is C18H23NO4S. The summed E-state index contributed by atoms with van der Waals surface area (Å²) in [5, 5.41) is 0. The van der Waals surface area contributed by atoms with E-state index in [1.165, 1.54) is 24.6 Å². The number of nitrogens with zero attached hydrogens (tertiary/aromatic N) is 1. The third kappa shape index (κ3) is 3.82. The van der Waals surface area contributed by atoms with Gasteiger partial charge in [0.25, 0.3) is 10.0 Å². The van der Waals surface area contributed by atoms with E-state index in [2.05, 4.69) is 0 Å². The molecule has 5 nitrogen and oxygen atoms in total. The van der Waals surface area contributed by atoms with Crippen LogP contribution in [0.3, 0.4) is 0 Å². The number of benzene rings is 2. The number of hydrogen-bond donors (Lipinski definition) is 0.